The van der Waals surface area contributed by atoms with Crippen molar-refractivity contribution >= 4 is 11.8 Å². The van der Waals surface area contributed by atoms with Crippen LogP contribution in [0.5, 0.6) is 6.01 Å². The Morgan fingerprint density at radius 1 is 1.28 bits per heavy atom. The zero-order valence-electron chi connectivity index (χ0n) is 10.2. The SMILES string of the molecule is COc1nccc(-c2ccc3c(c2)CCCS3)n1. The summed E-state index contributed by atoms with van der Waals surface area (Å²) < 4.78 is 5.06. The summed E-state index contributed by atoms with van der Waals surface area (Å²) >= 11 is 1.94. The molecule has 4 heteroatoms. The van der Waals surface area contributed by atoms with Gasteiger partial charge in [0.1, 0.15) is 0 Å². The molecule has 0 atom stereocenters. The van der Waals surface area contributed by atoms with Crippen molar-refractivity contribution in [3.05, 3.63) is 36.0 Å². The minimum absolute atomic E-state index is 0.416. The van der Waals surface area contributed by atoms with Crippen LogP contribution in [0.3, 0.4) is 0 Å². The average Bonchev–Trinajstić information content (AvgIpc) is 2.47. The Labute approximate surface area is 111 Å². The summed E-state index contributed by atoms with van der Waals surface area (Å²) in [5.74, 6) is 1.23. The number of thioether (sulfide) groups is 1. The quantitative estimate of drug-likeness (QED) is 0.828. The van der Waals surface area contributed by atoms with Crippen LogP contribution >= 0.6 is 11.8 Å². The van der Waals surface area contributed by atoms with Gasteiger partial charge in [0.05, 0.1) is 12.8 Å². The van der Waals surface area contributed by atoms with Gasteiger partial charge in [0.25, 0.3) is 0 Å². The lowest BCUT2D eigenvalue weighted by atomic mass is 10.0. The van der Waals surface area contributed by atoms with Crippen molar-refractivity contribution in [3.8, 4) is 17.3 Å². The van der Waals surface area contributed by atoms with Crippen molar-refractivity contribution in [2.24, 2.45) is 0 Å². The molecule has 2 aromatic rings. The highest BCUT2D eigenvalue weighted by Crippen LogP contribution is 2.32. The van der Waals surface area contributed by atoms with Crippen LogP contribution in [0.4, 0.5) is 0 Å². The molecule has 2 heterocycles. The van der Waals surface area contributed by atoms with E-state index in [0.29, 0.717) is 6.01 Å². The van der Waals surface area contributed by atoms with Gasteiger partial charge in [-0.1, -0.05) is 6.07 Å². The fourth-order valence-corrected chi connectivity index (χ4v) is 3.14. The summed E-state index contributed by atoms with van der Waals surface area (Å²) in [4.78, 5) is 9.81. The molecule has 1 aromatic carbocycles. The van der Waals surface area contributed by atoms with Gasteiger partial charge in [0, 0.05) is 16.7 Å². The lowest BCUT2D eigenvalue weighted by molar-refractivity contribution is 0.380. The zero-order chi connectivity index (χ0) is 12.4. The fraction of sp³-hybridized carbons (Fsp3) is 0.286. The molecular weight excluding hydrogens is 244 g/mol. The molecule has 3 nitrogen and oxygen atoms in total. The van der Waals surface area contributed by atoms with E-state index in [1.165, 1.54) is 29.1 Å². The summed E-state index contributed by atoms with van der Waals surface area (Å²) in [6.45, 7) is 0. The third-order valence-corrected chi connectivity index (χ3v) is 4.22. The predicted octanol–water partition coefficient (Wildman–Crippen LogP) is 3.19. The Kier molecular flexibility index (Phi) is 3.19. The minimum atomic E-state index is 0.416. The summed E-state index contributed by atoms with van der Waals surface area (Å²) in [5.41, 5.74) is 3.48. The van der Waals surface area contributed by atoms with E-state index in [-0.39, 0.29) is 0 Å². The highest BCUT2D eigenvalue weighted by molar-refractivity contribution is 7.99. The first kappa shape index (κ1) is 11.5. The number of methoxy groups -OCH3 is 1. The van der Waals surface area contributed by atoms with Gasteiger partial charge in [-0.05, 0) is 42.4 Å². The predicted molar refractivity (Wildman–Crippen MR) is 73.1 cm³/mol. The van der Waals surface area contributed by atoms with Crippen molar-refractivity contribution < 1.29 is 4.74 Å². The highest BCUT2D eigenvalue weighted by Gasteiger charge is 2.11. The Hall–Kier alpha value is -1.55. The van der Waals surface area contributed by atoms with Gasteiger partial charge in [-0.15, -0.1) is 11.8 Å². The van der Waals surface area contributed by atoms with Crippen LogP contribution < -0.4 is 4.74 Å². The summed E-state index contributed by atoms with van der Waals surface area (Å²) in [5, 5.41) is 0. The first-order valence-electron chi connectivity index (χ1n) is 6.00. The molecule has 1 aliphatic heterocycles. The topological polar surface area (TPSA) is 35.0 Å². The molecule has 0 N–H and O–H groups in total. The monoisotopic (exact) mass is 258 g/mol. The number of rotatable bonds is 2. The van der Waals surface area contributed by atoms with E-state index in [9.17, 15) is 0 Å². The van der Waals surface area contributed by atoms with Gasteiger partial charge in [-0.25, -0.2) is 4.98 Å². The van der Waals surface area contributed by atoms with E-state index in [1.807, 2.05) is 17.8 Å². The lowest BCUT2D eigenvalue weighted by Gasteiger charge is -2.15. The van der Waals surface area contributed by atoms with Gasteiger partial charge < -0.3 is 4.74 Å². The van der Waals surface area contributed by atoms with Crippen molar-refractivity contribution in [1.29, 1.82) is 0 Å². The number of ether oxygens (including phenoxy) is 1. The van der Waals surface area contributed by atoms with Crippen LogP contribution in [-0.4, -0.2) is 22.8 Å². The Morgan fingerprint density at radius 3 is 3.11 bits per heavy atom. The van der Waals surface area contributed by atoms with Crippen molar-refractivity contribution in [1.82, 2.24) is 9.97 Å². The second kappa shape index (κ2) is 4.98. The van der Waals surface area contributed by atoms with Crippen LogP contribution in [0.25, 0.3) is 11.3 Å². The van der Waals surface area contributed by atoms with Crippen LogP contribution in [0, 0.1) is 0 Å². The first-order chi connectivity index (χ1) is 8.86. The molecule has 0 fully saturated rings. The van der Waals surface area contributed by atoms with Gasteiger partial charge in [-0.2, -0.15) is 4.98 Å². The summed E-state index contributed by atoms with van der Waals surface area (Å²) in [6.07, 6.45) is 4.15. The summed E-state index contributed by atoms with van der Waals surface area (Å²) in [6, 6.07) is 8.89. The van der Waals surface area contributed by atoms with Crippen LogP contribution in [-0.2, 0) is 6.42 Å². The Morgan fingerprint density at radius 2 is 2.22 bits per heavy atom. The van der Waals surface area contributed by atoms with Gasteiger partial charge in [-0.3, -0.25) is 0 Å². The van der Waals surface area contributed by atoms with Crippen molar-refractivity contribution in [3.63, 3.8) is 0 Å². The fourth-order valence-electron chi connectivity index (χ4n) is 2.12. The molecule has 0 saturated heterocycles. The lowest BCUT2D eigenvalue weighted by Crippen LogP contribution is -1.99. The van der Waals surface area contributed by atoms with Crippen molar-refractivity contribution in [2.45, 2.75) is 17.7 Å². The number of benzene rings is 1. The Bertz CT molecular complexity index is 571. The summed E-state index contributed by atoms with van der Waals surface area (Å²) in [7, 11) is 1.59. The van der Waals surface area contributed by atoms with Gasteiger partial charge >= 0.3 is 6.01 Å². The smallest absolute Gasteiger partial charge is 0.316 e. The molecule has 1 aliphatic rings. The van der Waals surface area contributed by atoms with E-state index in [0.717, 1.165) is 11.3 Å². The molecule has 0 bridgehead atoms. The molecule has 0 amide bonds. The van der Waals surface area contributed by atoms with Crippen molar-refractivity contribution in [2.75, 3.05) is 12.9 Å². The first-order valence-corrected chi connectivity index (χ1v) is 6.98. The molecule has 0 saturated carbocycles. The van der Waals surface area contributed by atoms with Crippen LogP contribution in [0.1, 0.15) is 12.0 Å². The normalized spacial score (nSPS) is 14.1. The number of aryl methyl sites for hydroxylation is 1. The molecular formula is C14H14N2OS. The maximum atomic E-state index is 5.06. The molecule has 92 valence electrons. The maximum absolute atomic E-state index is 5.06. The number of fused-ring (bicyclic) bond motifs is 1. The third kappa shape index (κ3) is 2.20. The van der Waals surface area contributed by atoms with Gasteiger partial charge in [0.2, 0.25) is 0 Å². The van der Waals surface area contributed by atoms with E-state index < -0.39 is 0 Å². The molecule has 0 unspecified atom stereocenters. The molecule has 18 heavy (non-hydrogen) atoms. The zero-order valence-corrected chi connectivity index (χ0v) is 11.0. The maximum Gasteiger partial charge on any atom is 0.316 e. The highest BCUT2D eigenvalue weighted by atomic mass is 32.2. The third-order valence-electron chi connectivity index (χ3n) is 3.02. The van der Waals surface area contributed by atoms with Crippen LogP contribution in [0.15, 0.2) is 35.4 Å². The van der Waals surface area contributed by atoms with Gasteiger partial charge in [0.15, 0.2) is 0 Å². The van der Waals surface area contributed by atoms with Crippen LogP contribution in [0.2, 0.25) is 0 Å². The van der Waals surface area contributed by atoms with E-state index >= 15 is 0 Å². The van der Waals surface area contributed by atoms with E-state index in [4.69, 9.17) is 4.74 Å². The average molecular weight is 258 g/mol. The minimum Gasteiger partial charge on any atom is -0.467 e. The molecule has 0 radical (unpaired) electrons. The van der Waals surface area contributed by atoms with E-state index in [1.54, 1.807) is 13.3 Å². The second-order valence-electron chi connectivity index (χ2n) is 4.20. The molecule has 3 rings (SSSR count). The standard InChI is InChI=1S/C14H14N2OS/c1-17-14-15-7-6-12(16-14)10-4-5-13-11(9-10)3-2-8-18-13/h4-7,9H,2-3,8H2,1H3. The Balaban J connectivity index is 2.00. The molecule has 0 aliphatic carbocycles. The largest absolute Gasteiger partial charge is 0.467 e. The number of hydrogen-bond donors (Lipinski definition) is 0. The molecule has 1 aromatic heterocycles. The number of hydrogen-bond acceptors (Lipinski definition) is 4. The number of nitrogens with zero attached hydrogens (tertiary/aromatic N) is 2. The number of aromatic nitrogens is 2. The van der Waals surface area contributed by atoms with E-state index in [2.05, 4.69) is 28.2 Å². The molecule has 0 spiro atoms. The second-order valence-corrected chi connectivity index (χ2v) is 5.34.